The molecule has 2 fully saturated rings. The molecule has 0 radical (unpaired) electrons. The molecule has 2 aromatic carbocycles. The molecule has 0 spiro atoms. The van der Waals surface area contributed by atoms with Crippen molar-refractivity contribution in [2.75, 3.05) is 50.9 Å². The zero-order chi connectivity index (χ0) is 27.5. The molecule has 2 aromatic heterocycles. The number of hydrogen-bond donors (Lipinski definition) is 2. The van der Waals surface area contributed by atoms with Crippen molar-refractivity contribution in [1.29, 1.82) is 5.26 Å². The van der Waals surface area contributed by atoms with Gasteiger partial charge in [0, 0.05) is 62.0 Å². The molecule has 204 valence electrons. The lowest BCUT2D eigenvalue weighted by atomic mass is 10.0. The number of nitriles is 1. The molecule has 2 N–H and O–H groups in total. The van der Waals surface area contributed by atoms with Crippen LogP contribution < -0.4 is 9.64 Å². The summed E-state index contributed by atoms with van der Waals surface area (Å²) in [7, 11) is 0. The third kappa shape index (κ3) is 5.21. The van der Waals surface area contributed by atoms with E-state index in [-0.39, 0.29) is 12.0 Å². The third-order valence-corrected chi connectivity index (χ3v) is 7.54. The Morgan fingerprint density at radius 3 is 2.55 bits per heavy atom. The van der Waals surface area contributed by atoms with E-state index in [1.54, 1.807) is 11.1 Å². The van der Waals surface area contributed by atoms with Crippen LogP contribution in [0.25, 0.3) is 33.7 Å². The molecule has 1 amide bonds. The standard InChI is InChI=1S/C30H30N6O4/c31-18-22-17-21(3-6-26(22)40-24-8-11-36(12-9-24)27(38)19-37)25-7-10-32-30-28(25)33-29(34-30)20-1-4-23(5-2-20)35-13-15-39-16-14-35/h1-7,10,17,24,37H,8-9,11-16,19H2,(H,32,33,34). The Morgan fingerprint density at radius 2 is 1.82 bits per heavy atom. The maximum Gasteiger partial charge on any atom is 0.248 e. The van der Waals surface area contributed by atoms with Crippen molar-refractivity contribution in [3.63, 3.8) is 0 Å². The number of imidazole rings is 1. The fourth-order valence-electron chi connectivity index (χ4n) is 5.32. The fraction of sp³-hybridized carbons (Fsp3) is 0.333. The van der Waals surface area contributed by atoms with E-state index in [1.807, 2.05) is 24.3 Å². The van der Waals surface area contributed by atoms with Gasteiger partial charge in [0.15, 0.2) is 5.65 Å². The lowest BCUT2D eigenvalue weighted by Crippen LogP contribution is -2.42. The van der Waals surface area contributed by atoms with Crippen LogP contribution in [0.1, 0.15) is 18.4 Å². The zero-order valence-corrected chi connectivity index (χ0v) is 22.0. The molecule has 10 heteroatoms. The van der Waals surface area contributed by atoms with Crippen molar-refractivity contribution in [2.45, 2.75) is 18.9 Å². The number of hydrogen-bond acceptors (Lipinski definition) is 8. The number of fused-ring (bicyclic) bond motifs is 1. The Hall–Kier alpha value is -4.46. The molecule has 4 aromatic rings. The number of nitrogens with zero attached hydrogens (tertiary/aromatic N) is 5. The maximum atomic E-state index is 11.7. The molecule has 0 aliphatic carbocycles. The second-order valence-electron chi connectivity index (χ2n) is 9.97. The number of benzene rings is 2. The van der Waals surface area contributed by atoms with Crippen LogP contribution in [0.5, 0.6) is 5.75 Å². The van der Waals surface area contributed by atoms with Gasteiger partial charge in [-0.2, -0.15) is 5.26 Å². The van der Waals surface area contributed by atoms with Crippen molar-refractivity contribution in [3.05, 3.63) is 60.3 Å². The van der Waals surface area contributed by atoms with Crippen molar-refractivity contribution in [1.82, 2.24) is 19.9 Å². The minimum absolute atomic E-state index is 0.100. The Kier molecular flexibility index (Phi) is 7.31. The first kappa shape index (κ1) is 25.8. The van der Waals surface area contributed by atoms with Crippen LogP contribution in [0.2, 0.25) is 0 Å². The first-order chi connectivity index (χ1) is 19.6. The number of rotatable bonds is 6. The van der Waals surface area contributed by atoms with Crippen LogP contribution in [0.3, 0.4) is 0 Å². The molecular weight excluding hydrogens is 508 g/mol. The summed E-state index contributed by atoms with van der Waals surface area (Å²) in [6, 6.07) is 18.1. The van der Waals surface area contributed by atoms with Crippen LogP contribution in [-0.4, -0.2) is 83.0 Å². The molecule has 0 bridgehead atoms. The number of H-pyrrole nitrogens is 1. The number of pyridine rings is 1. The molecule has 0 atom stereocenters. The number of nitrogens with one attached hydrogen (secondary N) is 1. The summed E-state index contributed by atoms with van der Waals surface area (Å²) in [6.45, 7) is 3.83. The Balaban J connectivity index is 1.22. The molecule has 40 heavy (non-hydrogen) atoms. The van der Waals surface area contributed by atoms with E-state index in [0.29, 0.717) is 42.9 Å². The minimum atomic E-state index is -0.480. The molecule has 10 nitrogen and oxygen atoms in total. The van der Waals surface area contributed by atoms with E-state index in [1.165, 1.54) is 0 Å². The number of aromatic nitrogens is 3. The number of morpholine rings is 1. The van der Waals surface area contributed by atoms with Crippen molar-refractivity contribution < 1.29 is 19.4 Å². The van der Waals surface area contributed by atoms with Gasteiger partial charge >= 0.3 is 0 Å². The Morgan fingerprint density at radius 1 is 1.07 bits per heavy atom. The second kappa shape index (κ2) is 11.3. The quantitative estimate of drug-likeness (QED) is 0.383. The van der Waals surface area contributed by atoms with Gasteiger partial charge in [0.1, 0.15) is 35.9 Å². The topological polar surface area (TPSA) is 128 Å². The Labute approximate surface area is 231 Å². The minimum Gasteiger partial charge on any atom is -0.489 e. The number of aliphatic hydroxyl groups is 1. The number of ether oxygens (including phenoxy) is 2. The largest absolute Gasteiger partial charge is 0.489 e. The number of carbonyl (C=O) groups excluding carboxylic acids is 1. The van der Waals surface area contributed by atoms with Gasteiger partial charge < -0.3 is 29.4 Å². The highest BCUT2D eigenvalue weighted by molar-refractivity contribution is 5.92. The molecule has 2 aliphatic rings. The number of aliphatic hydroxyl groups excluding tert-OH is 1. The summed E-state index contributed by atoms with van der Waals surface area (Å²) in [5.41, 5.74) is 5.69. The van der Waals surface area contributed by atoms with E-state index in [0.717, 1.165) is 60.0 Å². The van der Waals surface area contributed by atoms with Crippen LogP contribution in [0.4, 0.5) is 5.69 Å². The summed E-state index contributed by atoms with van der Waals surface area (Å²) in [4.78, 5) is 28.4. The number of likely N-dealkylation sites (tertiary alicyclic amines) is 1. The van der Waals surface area contributed by atoms with E-state index in [4.69, 9.17) is 19.6 Å². The summed E-state index contributed by atoms with van der Waals surface area (Å²) in [5, 5.41) is 19.0. The lowest BCUT2D eigenvalue weighted by molar-refractivity contribution is -0.135. The predicted octanol–water partition coefficient (Wildman–Crippen LogP) is 3.36. The summed E-state index contributed by atoms with van der Waals surface area (Å²) >= 11 is 0. The van der Waals surface area contributed by atoms with E-state index < -0.39 is 6.61 Å². The van der Waals surface area contributed by atoms with Gasteiger partial charge in [-0.1, -0.05) is 6.07 Å². The monoisotopic (exact) mass is 538 g/mol. The first-order valence-electron chi connectivity index (χ1n) is 13.5. The summed E-state index contributed by atoms with van der Waals surface area (Å²) < 4.78 is 11.6. The molecule has 4 heterocycles. The number of amides is 1. The molecule has 2 saturated heterocycles. The van der Waals surface area contributed by atoms with Crippen molar-refractivity contribution in [3.8, 4) is 34.3 Å². The molecule has 0 unspecified atom stereocenters. The van der Waals surface area contributed by atoms with Crippen LogP contribution in [-0.2, 0) is 9.53 Å². The van der Waals surface area contributed by atoms with E-state index in [9.17, 15) is 10.1 Å². The van der Waals surface area contributed by atoms with Crippen molar-refractivity contribution in [2.24, 2.45) is 0 Å². The zero-order valence-electron chi connectivity index (χ0n) is 22.0. The number of aromatic amines is 1. The highest BCUT2D eigenvalue weighted by Gasteiger charge is 2.24. The maximum absolute atomic E-state index is 11.7. The van der Waals surface area contributed by atoms with Gasteiger partial charge in [-0.25, -0.2) is 9.97 Å². The van der Waals surface area contributed by atoms with E-state index >= 15 is 0 Å². The predicted molar refractivity (Wildman–Crippen MR) is 150 cm³/mol. The highest BCUT2D eigenvalue weighted by atomic mass is 16.5. The second-order valence-corrected chi connectivity index (χ2v) is 9.97. The average molecular weight is 539 g/mol. The molecule has 0 saturated carbocycles. The highest BCUT2D eigenvalue weighted by Crippen LogP contribution is 2.33. The lowest BCUT2D eigenvalue weighted by Gasteiger charge is -2.32. The molecule has 6 rings (SSSR count). The average Bonchev–Trinajstić information content (AvgIpc) is 3.46. The summed E-state index contributed by atoms with van der Waals surface area (Å²) in [6.07, 6.45) is 2.93. The van der Waals surface area contributed by atoms with Crippen LogP contribution in [0, 0.1) is 11.3 Å². The molecular formula is C30H30N6O4. The van der Waals surface area contributed by atoms with Gasteiger partial charge in [0.25, 0.3) is 0 Å². The smallest absolute Gasteiger partial charge is 0.248 e. The molecule has 2 aliphatic heterocycles. The fourth-order valence-corrected chi connectivity index (χ4v) is 5.32. The summed E-state index contributed by atoms with van der Waals surface area (Å²) in [5.74, 6) is 0.984. The van der Waals surface area contributed by atoms with Gasteiger partial charge in [-0.3, -0.25) is 4.79 Å². The van der Waals surface area contributed by atoms with Gasteiger partial charge in [0.2, 0.25) is 5.91 Å². The SMILES string of the molecule is N#Cc1cc(-c2ccnc3[nH]c(-c4ccc(N5CCOCC5)cc4)nc23)ccc1OC1CCN(C(=O)CO)CC1. The third-order valence-electron chi connectivity index (χ3n) is 7.54. The number of anilines is 1. The Bertz CT molecular complexity index is 1550. The number of carbonyl (C=O) groups is 1. The van der Waals surface area contributed by atoms with Crippen molar-refractivity contribution >= 4 is 22.8 Å². The van der Waals surface area contributed by atoms with Crippen LogP contribution >= 0.6 is 0 Å². The van der Waals surface area contributed by atoms with Gasteiger partial charge in [0.05, 0.1) is 18.8 Å². The van der Waals surface area contributed by atoms with Gasteiger partial charge in [-0.15, -0.1) is 0 Å². The first-order valence-corrected chi connectivity index (χ1v) is 13.5. The number of piperidine rings is 1. The van der Waals surface area contributed by atoms with E-state index in [2.05, 4.69) is 45.2 Å². The normalized spacial score (nSPS) is 16.2. The van der Waals surface area contributed by atoms with Gasteiger partial charge in [-0.05, 0) is 48.0 Å². The van der Waals surface area contributed by atoms with Crippen LogP contribution in [0.15, 0.2) is 54.7 Å².